The highest BCUT2D eigenvalue weighted by molar-refractivity contribution is 5.94. The molecule has 1 amide bonds. The third kappa shape index (κ3) is 4.75. The number of hydrogen-bond donors (Lipinski definition) is 1. The van der Waals surface area contributed by atoms with Gasteiger partial charge >= 0.3 is 0 Å². The first-order chi connectivity index (χ1) is 14.8. The SMILES string of the molecule is CC(C)(C)c1ccc(-c2cc(=O)c3ccc(NC(=O)Cc4ccccc4)cc3o2)cc1. The van der Waals surface area contributed by atoms with E-state index in [2.05, 4.69) is 38.2 Å². The van der Waals surface area contributed by atoms with Gasteiger partial charge in [0, 0.05) is 23.4 Å². The molecule has 4 nitrogen and oxygen atoms in total. The number of carbonyl (C=O) groups excluding carboxylic acids is 1. The van der Waals surface area contributed by atoms with Crippen LogP contribution >= 0.6 is 0 Å². The number of rotatable bonds is 4. The number of carbonyl (C=O) groups is 1. The fraction of sp³-hybridized carbons (Fsp3) is 0.185. The van der Waals surface area contributed by atoms with E-state index < -0.39 is 0 Å². The third-order valence-electron chi connectivity index (χ3n) is 5.26. The molecule has 0 spiro atoms. The Bertz CT molecular complexity index is 1280. The number of anilines is 1. The van der Waals surface area contributed by atoms with E-state index in [4.69, 9.17) is 4.42 Å². The molecule has 0 fully saturated rings. The summed E-state index contributed by atoms with van der Waals surface area (Å²) in [5.41, 5.74) is 3.96. The zero-order valence-corrected chi connectivity index (χ0v) is 17.9. The highest BCUT2D eigenvalue weighted by Crippen LogP contribution is 2.28. The molecule has 0 saturated heterocycles. The second kappa shape index (κ2) is 8.23. The Hall–Kier alpha value is -3.66. The van der Waals surface area contributed by atoms with E-state index in [0.29, 0.717) is 22.4 Å². The van der Waals surface area contributed by atoms with Gasteiger partial charge < -0.3 is 9.73 Å². The van der Waals surface area contributed by atoms with Crippen LogP contribution in [0.25, 0.3) is 22.3 Å². The van der Waals surface area contributed by atoms with E-state index >= 15 is 0 Å². The first-order valence-electron chi connectivity index (χ1n) is 10.3. The highest BCUT2D eigenvalue weighted by Gasteiger charge is 2.14. The molecule has 4 rings (SSSR count). The van der Waals surface area contributed by atoms with Gasteiger partial charge in [-0.3, -0.25) is 9.59 Å². The summed E-state index contributed by atoms with van der Waals surface area (Å²) in [4.78, 5) is 25.0. The lowest BCUT2D eigenvalue weighted by Crippen LogP contribution is -2.14. The van der Waals surface area contributed by atoms with Gasteiger partial charge in [0.05, 0.1) is 11.8 Å². The summed E-state index contributed by atoms with van der Waals surface area (Å²) >= 11 is 0. The Morgan fingerprint density at radius 1 is 0.903 bits per heavy atom. The Labute approximate surface area is 181 Å². The Kier molecular flexibility index (Phi) is 5.47. The standard InChI is InChI=1S/C27H25NO3/c1-27(2,3)20-11-9-19(10-12-20)24-17-23(29)22-14-13-21(16-25(22)31-24)28-26(30)15-18-7-5-4-6-8-18/h4-14,16-17H,15H2,1-3H3,(H,28,30). The third-order valence-corrected chi connectivity index (χ3v) is 5.26. The molecular formula is C27H25NO3. The maximum atomic E-state index is 12.6. The number of amides is 1. The zero-order valence-electron chi connectivity index (χ0n) is 17.9. The molecule has 4 aromatic rings. The van der Waals surface area contributed by atoms with E-state index in [1.165, 1.54) is 11.6 Å². The number of nitrogens with one attached hydrogen (secondary N) is 1. The number of benzene rings is 3. The van der Waals surface area contributed by atoms with Gasteiger partial charge in [-0.2, -0.15) is 0 Å². The second-order valence-corrected chi connectivity index (χ2v) is 8.72. The molecular weight excluding hydrogens is 386 g/mol. The predicted molar refractivity (Wildman–Crippen MR) is 125 cm³/mol. The van der Waals surface area contributed by atoms with E-state index in [1.807, 2.05) is 42.5 Å². The molecule has 0 aliphatic heterocycles. The van der Waals surface area contributed by atoms with Crippen LogP contribution in [0.4, 0.5) is 5.69 Å². The van der Waals surface area contributed by atoms with E-state index in [0.717, 1.165) is 11.1 Å². The van der Waals surface area contributed by atoms with Crippen molar-refractivity contribution in [1.82, 2.24) is 0 Å². The summed E-state index contributed by atoms with van der Waals surface area (Å²) in [7, 11) is 0. The molecule has 4 heteroatoms. The average Bonchev–Trinajstić information content (AvgIpc) is 2.73. The summed E-state index contributed by atoms with van der Waals surface area (Å²) < 4.78 is 6.04. The summed E-state index contributed by atoms with van der Waals surface area (Å²) in [6.45, 7) is 6.48. The largest absolute Gasteiger partial charge is 0.456 e. The van der Waals surface area contributed by atoms with Crippen LogP contribution in [-0.2, 0) is 16.6 Å². The van der Waals surface area contributed by atoms with E-state index in [9.17, 15) is 9.59 Å². The van der Waals surface area contributed by atoms with Crippen molar-refractivity contribution in [3.05, 3.63) is 100 Å². The predicted octanol–water partition coefficient (Wildman–Crippen LogP) is 5.94. The average molecular weight is 412 g/mol. The summed E-state index contributed by atoms with van der Waals surface area (Å²) in [6.07, 6.45) is 0.281. The Balaban J connectivity index is 1.61. The van der Waals surface area contributed by atoms with Crippen molar-refractivity contribution in [3.8, 4) is 11.3 Å². The topological polar surface area (TPSA) is 59.3 Å². The van der Waals surface area contributed by atoms with Crippen LogP contribution in [-0.4, -0.2) is 5.91 Å². The smallest absolute Gasteiger partial charge is 0.228 e. The lowest BCUT2D eigenvalue weighted by Gasteiger charge is -2.19. The van der Waals surface area contributed by atoms with E-state index in [-0.39, 0.29) is 23.2 Å². The minimum atomic E-state index is -0.123. The van der Waals surface area contributed by atoms with Crippen molar-refractivity contribution in [2.45, 2.75) is 32.6 Å². The molecule has 0 aliphatic rings. The summed E-state index contributed by atoms with van der Waals surface area (Å²) in [6, 6.07) is 24.2. The minimum Gasteiger partial charge on any atom is -0.456 e. The highest BCUT2D eigenvalue weighted by atomic mass is 16.3. The van der Waals surface area contributed by atoms with Crippen LogP contribution in [0.1, 0.15) is 31.9 Å². The molecule has 0 atom stereocenters. The maximum Gasteiger partial charge on any atom is 0.228 e. The molecule has 1 N–H and O–H groups in total. The van der Waals surface area contributed by atoms with Crippen LogP contribution < -0.4 is 10.7 Å². The second-order valence-electron chi connectivity index (χ2n) is 8.72. The van der Waals surface area contributed by atoms with Crippen molar-refractivity contribution in [2.75, 3.05) is 5.32 Å². The summed E-state index contributed by atoms with van der Waals surface area (Å²) in [5.74, 6) is 0.382. The van der Waals surface area contributed by atoms with Gasteiger partial charge in [0.15, 0.2) is 5.43 Å². The Morgan fingerprint density at radius 3 is 2.29 bits per heavy atom. The zero-order chi connectivity index (χ0) is 22.0. The first-order valence-corrected chi connectivity index (χ1v) is 10.3. The number of hydrogen-bond acceptors (Lipinski definition) is 3. The van der Waals surface area contributed by atoms with Crippen LogP contribution in [0.2, 0.25) is 0 Å². The molecule has 3 aromatic carbocycles. The van der Waals surface area contributed by atoms with Crippen LogP contribution in [0.15, 0.2) is 88.1 Å². The number of fused-ring (bicyclic) bond motifs is 1. The van der Waals surface area contributed by atoms with Crippen molar-refractivity contribution in [2.24, 2.45) is 0 Å². The minimum absolute atomic E-state index is 0.0512. The molecule has 1 aromatic heterocycles. The normalized spacial score (nSPS) is 11.5. The molecule has 0 radical (unpaired) electrons. The lowest BCUT2D eigenvalue weighted by atomic mass is 9.86. The van der Waals surface area contributed by atoms with Gasteiger partial charge in [-0.15, -0.1) is 0 Å². The van der Waals surface area contributed by atoms with Crippen LogP contribution in [0.5, 0.6) is 0 Å². The van der Waals surface area contributed by atoms with Gasteiger partial charge in [-0.1, -0.05) is 75.4 Å². The molecule has 0 unspecified atom stereocenters. The van der Waals surface area contributed by atoms with Gasteiger partial charge in [0.2, 0.25) is 5.91 Å². The van der Waals surface area contributed by atoms with Crippen molar-refractivity contribution >= 4 is 22.6 Å². The van der Waals surface area contributed by atoms with Gasteiger partial charge in [-0.05, 0) is 28.7 Å². The van der Waals surface area contributed by atoms with E-state index in [1.54, 1.807) is 18.2 Å². The maximum absolute atomic E-state index is 12.6. The van der Waals surface area contributed by atoms with Crippen molar-refractivity contribution in [3.63, 3.8) is 0 Å². The molecule has 156 valence electrons. The lowest BCUT2D eigenvalue weighted by molar-refractivity contribution is -0.115. The molecule has 0 bridgehead atoms. The van der Waals surface area contributed by atoms with Gasteiger partial charge in [0.1, 0.15) is 11.3 Å². The van der Waals surface area contributed by atoms with Gasteiger partial charge in [0.25, 0.3) is 0 Å². The Morgan fingerprint density at radius 2 is 1.61 bits per heavy atom. The molecule has 31 heavy (non-hydrogen) atoms. The summed E-state index contributed by atoms with van der Waals surface area (Å²) in [5, 5.41) is 3.37. The quantitative estimate of drug-likeness (QED) is 0.452. The first kappa shape index (κ1) is 20.6. The van der Waals surface area contributed by atoms with Crippen molar-refractivity contribution < 1.29 is 9.21 Å². The fourth-order valence-corrected chi connectivity index (χ4v) is 3.50. The van der Waals surface area contributed by atoms with Crippen LogP contribution in [0, 0.1) is 0 Å². The van der Waals surface area contributed by atoms with Crippen LogP contribution in [0.3, 0.4) is 0 Å². The van der Waals surface area contributed by atoms with Gasteiger partial charge in [-0.25, -0.2) is 0 Å². The van der Waals surface area contributed by atoms with Crippen molar-refractivity contribution in [1.29, 1.82) is 0 Å². The molecule has 1 heterocycles. The fourth-order valence-electron chi connectivity index (χ4n) is 3.50. The molecule has 0 aliphatic carbocycles. The molecule has 0 saturated carbocycles. The monoisotopic (exact) mass is 411 g/mol.